The summed E-state index contributed by atoms with van der Waals surface area (Å²) in [5.74, 6) is -0.752. The zero-order chi connectivity index (χ0) is 15.8. The van der Waals surface area contributed by atoms with Gasteiger partial charge in [-0.3, -0.25) is 4.31 Å². The predicted octanol–water partition coefficient (Wildman–Crippen LogP) is 3.19. The van der Waals surface area contributed by atoms with Crippen LogP contribution in [0.5, 0.6) is 0 Å². The van der Waals surface area contributed by atoms with Gasteiger partial charge in [-0.15, -0.1) is 0 Å². The molecule has 0 spiro atoms. The van der Waals surface area contributed by atoms with Gasteiger partial charge in [-0.2, -0.15) is 0 Å². The summed E-state index contributed by atoms with van der Waals surface area (Å²) in [4.78, 5) is -0.228. The highest BCUT2D eigenvalue weighted by atomic mass is 35.5. The van der Waals surface area contributed by atoms with E-state index in [9.17, 15) is 12.8 Å². The molecule has 0 aliphatic rings. The lowest BCUT2D eigenvalue weighted by atomic mass is 10.2. The standard InChI is InChI=1S/C14H14ClFN2O2S/c1-9-5-3-4-6-13(9)18(2)21(19,20)14-8-12(17)11(16)7-10(14)15/h3-8H,17H2,1-2H3. The number of anilines is 2. The molecule has 2 aromatic carbocycles. The first-order chi connectivity index (χ1) is 9.75. The van der Waals surface area contributed by atoms with Crippen molar-refractivity contribution in [1.82, 2.24) is 0 Å². The van der Waals surface area contributed by atoms with Crippen LogP contribution in [0.2, 0.25) is 5.02 Å². The van der Waals surface area contributed by atoms with Crippen molar-refractivity contribution in [3.8, 4) is 0 Å². The fourth-order valence-electron chi connectivity index (χ4n) is 1.94. The summed E-state index contributed by atoms with van der Waals surface area (Å²) in [6.45, 7) is 1.79. The average molecular weight is 329 g/mol. The minimum atomic E-state index is -3.93. The summed E-state index contributed by atoms with van der Waals surface area (Å²) in [7, 11) is -2.52. The summed E-state index contributed by atoms with van der Waals surface area (Å²) in [6, 6.07) is 8.93. The third-order valence-corrected chi connectivity index (χ3v) is 5.38. The van der Waals surface area contributed by atoms with Gasteiger partial charge in [0, 0.05) is 7.05 Å². The Balaban J connectivity index is 2.58. The molecular weight excluding hydrogens is 315 g/mol. The van der Waals surface area contributed by atoms with Crippen molar-refractivity contribution in [2.24, 2.45) is 0 Å². The van der Waals surface area contributed by atoms with E-state index in [1.54, 1.807) is 25.1 Å². The molecule has 0 heterocycles. The lowest BCUT2D eigenvalue weighted by Crippen LogP contribution is -2.27. The Morgan fingerprint density at radius 1 is 1.24 bits per heavy atom. The van der Waals surface area contributed by atoms with Crippen LogP contribution < -0.4 is 10.0 Å². The highest BCUT2D eigenvalue weighted by Gasteiger charge is 2.26. The molecule has 7 heteroatoms. The van der Waals surface area contributed by atoms with Crippen molar-refractivity contribution >= 4 is 33.0 Å². The van der Waals surface area contributed by atoms with Crippen molar-refractivity contribution < 1.29 is 12.8 Å². The number of nitrogens with zero attached hydrogens (tertiary/aromatic N) is 1. The second-order valence-electron chi connectivity index (χ2n) is 4.56. The number of hydrogen-bond donors (Lipinski definition) is 1. The Morgan fingerprint density at radius 2 is 1.86 bits per heavy atom. The van der Waals surface area contributed by atoms with E-state index in [1.165, 1.54) is 7.05 Å². The molecule has 0 aliphatic heterocycles. The summed E-state index contributed by atoms with van der Waals surface area (Å²) in [5.41, 5.74) is 6.47. The SMILES string of the molecule is Cc1ccccc1N(C)S(=O)(=O)c1cc(N)c(F)cc1Cl. The van der Waals surface area contributed by atoms with Crippen LogP contribution >= 0.6 is 11.6 Å². The zero-order valence-electron chi connectivity index (χ0n) is 11.5. The molecule has 0 unspecified atom stereocenters. The van der Waals surface area contributed by atoms with Crippen molar-refractivity contribution in [2.45, 2.75) is 11.8 Å². The van der Waals surface area contributed by atoms with E-state index in [2.05, 4.69) is 0 Å². The molecule has 0 radical (unpaired) electrons. The first kappa shape index (κ1) is 15.6. The minimum Gasteiger partial charge on any atom is -0.396 e. The Labute approximate surface area is 128 Å². The van der Waals surface area contributed by atoms with Crippen LogP contribution in [0.1, 0.15) is 5.56 Å². The number of nitrogens with two attached hydrogens (primary N) is 1. The number of rotatable bonds is 3. The maximum absolute atomic E-state index is 13.3. The predicted molar refractivity (Wildman–Crippen MR) is 82.6 cm³/mol. The molecule has 4 nitrogen and oxygen atoms in total. The van der Waals surface area contributed by atoms with Crippen LogP contribution in [0, 0.1) is 12.7 Å². The normalized spacial score (nSPS) is 11.4. The fourth-order valence-corrected chi connectivity index (χ4v) is 3.72. The molecule has 21 heavy (non-hydrogen) atoms. The van der Waals surface area contributed by atoms with Gasteiger partial charge in [0.15, 0.2) is 0 Å². The first-order valence-electron chi connectivity index (χ1n) is 6.04. The molecule has 0 saturated heterocycles. The highest BCUT2D eigenvalue weighted by Crippen LogP contribution is 2.31. The average Bonchev–Trinajstić information content (AvgIpc) is 2.42. The number of halogens is 2. The third-order valence-electron chi connectivity index (χ3n) is 3.14. The van der Waals surface area contributed by atoms with Gasteiger partial charge in [0.05, 0.1) is 16.4 Å². The maximum Gasteiger partial charge on any atom is 0.265 e. The monoisotopic (exact) mass is 328 g/mol. The zero-order valence-corrected chi connectivity index (χ0v) is 13.0. The number of sulfonamides is 1. The van der Waals surface area contributed by atoms with Crippen molar-refractivity contribution in [3.05, 3.63) is 52.8 Å². The molecule has 0 fully saturated rings. The van der Waals surface area contributed by atoms with E-state index in [-0.39, 0.29) is 15.6 Å². The Morgan fingerprint density at radius 3 is 2.48 bits per heavy atom. The lowest BCUT2D eigenvalue weighted by Gasteiger charge is -2.22. The number of hydrogen-bond acceptors (Lipinski definition) is 3. The van der Waals surface area contributed by atoms with Gasteiger partial charge in [0.1, 0.15) is 10.7 Å². The van der Waals surface area contributed by atoms with Gasteiger partial charge < -0.3 is 5.73 Å². The molecule has 0 saturated carbocycles. The molecule has 0 aliphatic carbocycles. The van der Waals surface area contributed by atoms with Gasteiger partial charge in [0.2, 0.25) is 0 Å². The van der Waals surface area contributed by atoms with Crippen LogP contribution in [-0.2, 0) is 10.0 Å². The molecule has 0 bridgehead atoms. The van der Waals surface area contributed by atoms with Crippen LogP contribution in [0.3, 0.4) is 0 Å². The van der Waals surface area contributed by atoms with Gasteiger partial charge in [0.25, 0.3) is 10.0 Å². The van der Waals surface area contributed by atoms with E-state index in [1.807, 2.05) is 6.07 Å². The number of aryl methyl sites for hydroxylation is 1. The van der Waals surface area contributed by atoms with E-state index < -0.39 is 15.8 Å². The highest BCUT2D eigenvalue weighted by molar-refractivity contribution is 7.93. The Bertz CT molecular complexity index is 794. The molecule has 2 aromatic rings. The summed E-state index contributed by atoms with van der Waals surface area (Å²) in [6.07, 6.45) is 0. The van der Waals surface area contributed by atoms with E-state index >= 15 is 0 Å². The van der Waals surface area contributed by atoms with E-state index in [0.717, 1.165) is 22.0 Å². The molecule has 2 rings (SSSR count). The largest absolute Gasteiger partial charge is 0.396 e. The van der Waals surface area contributed by atoms with Gasteiger partial charge >= 0.3 is 0 Å². The summed E-state index contributed by atoms with van der Waals surface area (Å²) < 4.78 is 39.7. The lowest BCUT2D eigenvalue weighted by molar-refractivity contribution is 0.593. The Kier molecular flexibility index (Phi) is 4.11. The Hall–Kier alpha value is -1.79. The van der Waals surface area contributed by atoms with Gasteiger partial charge in [-0.1, -0.05) is 29.8 Å². The molecule has 0 aromatic heterocycles. The second-order valence-corrected chi connectivity index (χ2v) is 6.91. The van der Waals surface area contributed by atoms with Gasteiger partial charge in [-0.05, 0) is 30.7 Å². The van der Waals surface area contributed by atoms with E-state index in [4.69, 9.17) is 17.3 Å². The fraction of sp³-hybridized carbons (Fsp3) is 0.143. The molecule has 0 atom stereocenters. The summed E-state index contributed by atoms with van der Waals surface area (Å²) in [5, 5.41) is -0.206. The van der Waals surface area contributed by atoms with Crippen molar-refractivity contribution in [1.29, 1.82) is 0 Å². The van der Waals surface area contributed by atoms with Crippen LogP contribution in [-0.4, -0.2) is 15.5 Å². The second kappa shape index (κ2) is 5.54. The molecule has 112 valence electrons. The quantitative estimate of drug-likeness (QED) is 0.880. The van der Waals surface area contributed by atoms with Gasteiger partial charge in [-0.25, -0.2) is 12.8 Å². The molecule has 2 N–H and O–H groups in total. The van der Waals surface area contributed by atoms with Crippen molar-refractivity contribution in [3.63, 3.8) is 0 Å². The molecular formula is C14H14ClFN2O2S. The topological polar surface area (TPSA) is 63.4 Å². The van der Waals surface area contributed by atoms with Crippen LogP contribution in [0.15, 0.2) is 41.3 Å². The van der Waals surface area contributed by atoms with Crippen molar-refractivity contribution in [2.75, 3.05) is 17.1 Å². The smallest absolute Gasteiger partial charge is 0.265 e. The number of nitrogen functional groups attached to an aromatic ring is 1. The third kappa shape index (κ3) is 2.82. The molecule has 0 amide bonds. The maximum atomic E-state index is 13.3. The number of benzene rings is 2. The van der Waals surface area contributed by atoms with E-state index in [0.29, 0.717) is 5.69 Å². The van der Waals surface area contributed by atoms with Crippen LogP contribution in [0.4, 0.5) is 15.8 Å². The number of para-hydroxylation sites is 1. The minimum absolute atomic E-state index is 0.206. The van der Waals surface area contributed by atoms with Crippen LogP contribution in [0.25, 0.3) is 0 Å². The summed E-state index contributed by atoms with van der Waals surface area (Å²) >= 11 is 5.86. The first-order valence-corrected chi connectivity index (χ1v) is 7.86.